The normalized spacial score (nSPS) is 13.9. The van der Waals surface area contributed by atoms with Crippen molar-refractivity contribution < 1.29 is 41.1 Å². The van der Waals surface area contributed by atoms with Crippen LogP contribution in [0.1, 0.15) is 32.1 Å². The summed E-state index contributed by atoms with van der Waals surface area (Å²) in [5.41, 5.74) is 1.11. The number of thiazole rings is 1. The summed E-state index contributed by atoms with van der Waals surface area (Å²) >= 11 is 0.967. The predicted octanol–water partition coefficient (Wildman–Crippen LogP) is -2.61. The van der Waals surface area contributed by atoms with E-state index in [0.29, 0.717) is 59.4 Å². The molecule has 0 radical (unpaired) electrons. The zero-order valence-electron chi connectivity index (χ0n) is 18.6. The lowest BCUT2D eigenvalue weighted by molar-refractivity contribution is -0.903. The molecule has 9 nitrogen and oxygen atoms in total. The van der Waals surface area contributed by atoms with Crippen LogP contribution >= 0.6 is 11.3 Å². The SMILES string of the molecule is COc1cc(C(=O)N2CC[NH+](CCC(=O)c3sc(=O)[nH]c3C)CC2)cc(OC)c1OC.[Cl-]. The molecule has 0 spiro atoms. The van der Waals surface area contributed by atoms with Crippen molar-refractivity contribution in [3.63, 3.8) is 0 Å². The molecule has 0 aliphatic carbocycles. The highest BCUT2D eigenvalue weighted by molar-refractivity contribution is 7.11. The molecule has 1 aliphatic rings. The maximum absolute atomic E-state index is 13.0. The molecule has 1 amide bonds. The number of Topliss-reactive ketones (excluding diaryl/α,β-unsaturated/α-hetero) is 1. The summed E-state index contributed by atoms with van der Waals surface area (Å²) in [7, 11) is 4.55. The lowest BCUT2D eigenvalue weighted by Gasteiger charge is -2.32. The Labute approximate surface area is 196 Å². The summed E-state index contributed by atoms with van der Waals surface area (Å²) in [5, 5.41) is 0. The summed E-state index contributed by atoms with van der Waals surface area (Å²) in [6.45, 7) is 5.12. The lowest BCUT2D eigenvalue weighted by Crippen LogP contribution is -3.14. The van der Waals surface area contributed by atoms with Crippen LogP contribution < -0.4 is 36.4 Å². The Morgan fingerprint density at radius 2 is 1.69 bits per heavy atom. The van der Waals surface area contributed by atoms with Crippen molar-refractivity contribution in [2.24, 2.45) is 0 Å². The van der Waals surface area contributed by atoms with Crippen molar-refractivity contribution in [2.75, 3.05) is 54.1 Å². The van der Waals surface area contributed by atoms with Crippen molar-refractivity contribution in [3.05, 3.63) is 37.9 Å². The van der Waals surface area contributed by atoms with Gasteiger partial charge in [0.1, 0.15) is 0 Å². The second kappa shape index (κ2) is 11.3. The molecule has 11 heteroatoms. The molecule has 2 heterocycles. The van der Waals surface area contributed by atoms with Gasteiger partial charge in [-0.05, 0) is 19.1 Å². The van der Waals surface area contributed by atoms with Crippen LogP contribution in [0.25, 0.3) is 0 Å². The minimum absolute atomic E-state index is 0. The van der Waals surface area contributed by atoms with E-state index in [1.807, 2.05) is 0 Å². The summed E-state index contributed by atoms with van der Waals surface area (Å²) < 4.78 is 16.0. The Morgan fingerprint density at radius 1 is 1.09 bits per heavy atom. The number of H-pyrrole nitrogens is 1. The molecule has 0 atom stereocenters. The molecule has 2 aromatic rings. The second-order valence-corrected chi connectivity index (χ2v) is 8.33. The van der Waals surface area contributed by atoms with E-state index >= 15 is 0 Å². The van der Waals surface area contributed by atoms with Gasteiger partial charge in [-0.15, -0.1) is 0 Å². The number of amides is 1. The van der Waals surface area contributed by atoms with Gasteiger partial charge in [-0.2, -0.15) is 0 Å². The zero-order valence-corrected chi connectivity index (χ0v) is 20.2. The van der Waals surface area contributed by atoms with Gasteiger partial charge in [-0.1, -0.05) is 11.3 Å². The smallest absolute Gasteiger partial charge is 0.305 e. The summed E-state index contributed by atoms with van der Waals surface area (Å²) in [6, 6.07) is 3.32. The minimum Gasteiger partial charge on any atom is -1.00 e. The third-order valence-corrected chi connectivity index (χ3v) is 6.48. The van der Waals surface area contributed by atoms with E-state index in [0.717, 1.165) is 24.4 Å². The molecule has 1 aromatic heterocycles. The summed E-state index contributed by atoms with van der Waals surface area (Å²) in [6.07, 6.45) is 0.380. The standard InChI is InChI=1S/C21H27N3O6S.ClH/c1-13-19(31-21(27)22-13)15(25)5-6-23-7-9-24(10-8-23)20(26)14-11-16(28-2)18(30-4)17(12-14)29-3;/h11-12H,5-10H2,1-4H3,(H,22,27);1H. The van der Waals surface area contributed by atoms with Gasteiger partial charge in [0.15, 0.2) is 17.3 Å². The monoisotopic (exact) mass is 485 g/mol. The number of methoxy groups -OCH3 is 3. The first kappa shape index (κ1) is 25.7. The fraction of sp³-hybridized carbons (Fsp3) is 0.476. The number of ketones is 1. The predicted molar refractivity (Wildman–Crippen MR) is 116 cm³/mol. The largest absolute Gasteiger partial charge is 1.00 e. The maximum Gasteiger partial charge on any atom is 0.305 e. The van der Waals surface area contributed by atoms with Crippen LogP contribution in [0, 0.1) is 6.92 Å². The molecule has 0 saturated carbocycles. The van der Waals surface area contributed by atoms with E-state index in [1.54, 1.807) is 24.0 Å². The van der Waals surface area contributed by atoms with E-state index in [-0.39, 0.29) is 29.0 Å². The molecule has 1 fully saturated rings. The van der Waals surface area contributed by atoms with Crippen molar-refractivity contribution in [1.29, 1.82) is 0 Å². The molecule has 0 unspecified atom stereocenters. The number of rotatable bonds is 8. The van der Waals surface area contributed by atoms with E-state index in [1.165, 1.54) is 26.2 Å². The third-order valence-electron chi connectivity index (χ3n) is 5.45. The number of hydrogen-bond donors (Lipinski definition) is 2. The Kier molecular flexibility index (Phi) is 9.11. The number of benzene rings is 1. The van der Waals surface area contributed by atoms with Gasteiger partial charge in [0.25, 0.3) is 5.91 Å². The van der Waals surface area contributed by atoms with Gasteiger partial charge in [0.05, 0.1) is 65.4 Å². The van der Waals surface area contributed by atoms with Crippen LogP contribution in [0.5, 0.6) is 17.2 Å². The first-order valence-corrected chi connectivity index (χ1v) is 10.8. The van der Waals surface area contributed by atoms with Crippen molar-refractivity contribution in [3.8, 4) is 17.2 Å². The van der Waals surface area contributed by atoms with Gasteiger partial charge in [0, 0.05) is 11.3 Å². The molecule has 0 bridgehead atoms. The van der Waals surface area contributed by atoms with E-state index in [4.69, 9.17) is 14.2 Å². The highest BCUT2D eigenvalue weighted by atomic mass is 35.5. The molecule has 32 heavy (non-hydrogen) atoms. The molecule has 3 rings (SSSR count). The topological polar surface area (TPSA) is 102 Å². The Balaban J connectivity index is 0.00000363. The number of carbonyl (C=O) groups is 2. The van der Waals surface area contributed by atoms with E-state index in [2.05, 4.69) is 4.98 Å². The number of carbonyl (C=O) groups excluding carboxylic acids is 2. The van der Waals surface area contributed by atoms with Crippen molar-refractivity contribution in [2.45, 2.75) is 13.3 Å². The maximum atomic E-state index is 13.0. The zero-order chi connectivity index (χ0) is 22.5. The molecular formula is C21H28ClN3O6S. The Morgan fingerprint density at radius 3 is 2.16 bits per heavy atom. The second-order valence-electron chi connectivity index (χ2n) is 7.35. The summed E-state index contributed by atoms with van der Waals surface area (Å²) in [4.78, 5) is 42.8. The number of hydrogen-bond acceptors (Lipinski definition) is 7. The Bertz CT molecular complexity index is 988. The first-order chi connectivity index (χ1) is 14.9. The first-order valence-electron chi connectivity index (χ1n) is 10.0. The van der Waals surface area contributed by atoms with Crippen LogP contribution in [-0.4, -0.2) is 75.6 Å². The number of nitrogens with one attached hydrogen (secondary N) is 2. The molecule has 1 aliphatic heterocycles. The molecule has 2 N–H and O–H groups in total. The number of aromatic amines is 1. The van der Waals surface area contributed by atoms with Gasteiger partial charge >= 0.3 is 4.87 Å². The fourth-order valence-corrected chi connectivity index (χ4v) is 4.55. The van der Waals surface area contributed by atoms with Crippen LogP contribution in [-0.2, 0) is 0 Å². The number of aryl methyl sites for hydroxylation is 1. The molecular weight excluding hydrogens is 458 g/mol. The fourth-order valence-electron chi connectivity index (χ4n) is 3.74. The number of aromatic nitrogens is 1. The molecule has 1 saturated heterocycles. The van der Waals surface area contributed by atoms with Crippen LogP contribution in [0.2, 0.25) is 0 Å². The average molecular weight is 486 g/mol. The van der Waals surface area contributed by atoms with Gasteiger partial charge < -0.3 is 41.4 Å². The number of ether oxygens (including phenoxy) is 3. The number of nitrogens with zero attached hydrogens (tertiary/aromatic N) is 1. The Hall–Kier alpha value is -2.56. The minimum atomic E-state index is -0.202. The van der Waals surface area contributed by atoms with Gasteiger partial charge in [-0.3, -0.25) is 14.4 Å². The number of piperazine rings is 1. The van der Waals surface area contributed by atoms with E-state index in [9.17, 15) is 14.4 Å². The van der Waals surface area contributed by atoms with Crippen LogP contribution in [0.4, 0.5) is 0 Å². The van der Waals surface area contributed by atoms with Gasteiger partial charge in [0.2, 0.25) is 5.75 Å². The highest BCUT2D eigenvalue weighted by Crippen LogP contribution is 2.38. The highest BCUT2D eigenvalue weighted by Gasteiger charge is 2.27. The quantitative estimate of drug-likeness (QED) is 0.397. The van der Waals surface area contributed by atoms with Gasteiger partial charge in [-0.25, -0.2) is 0 Å². The number of quaternary nitrogens is 1. The third kappa shape index (κ3) is 5.62. The average Bonchev–Trinajstić information content (AvgIpc) is 3.14. The van der Waals surface area contributed by atoms with Crippen LogP contribution in [0.15, 0.2) is 16.9 Å². The molecule has 1 aromatic carbocycles. The van der Waals surface area contributed by atoms with Crippen molar-refractivity contribution in [1.82, 2.24) is 9.88 Å². The summed E-state index contributed by atoms with van der Waals surface area (Å²) in [5.74, 6) is 1.22. The lowest BCUT2D eigenvalue weighted by atomic mass is 10.1. The van der Waals surface area contributed by atoms with Crippen LogP contribution in [0.3, 0.4) is 0 Å². The van der Waals surface area contributed by atoms with Crippen molar-refractivity contribution >= 4 is 23.0 Å². The van der Waals surface area contributed by atoms with E-state index < -0.39 is 0 Å². The molecule has 176 valence electrons. The number of halogens is 1.